The van der Waals surface area contributed by atoms with E-state index < -0.39 is 0 Å². The first-order chi connectivity index (χ1) is 9.65. The Labute approximate surface area is 118 Å². The number of benzene rings is 1. The Kier molecular flexibility index (Phi) is 4.87. The van der Waals surface area contributed by atoms with Crippen LogP contribution < -0.4 is 0 Å². The van der Waals surface area contributed by atoms with Gasteiger partial charge in [-0.3, -0.25) is 4.79 Å². The summed E-state index contributed by atoms with van der Waals surface area (Å²) in [6.45, 7) is 4.46. The van der Waals surface area contributed by atoms with Crippen molar-refractivity contribution in [2.75, 3.05) is 0 Å². The van der Waals surface area contributed by atoms with Gasteiger partial charge in [0, 0.05) is 6.42 Å². The molecule has 106 valence electrons. The van der Waals surface area contributed by atoms with Crippen molar-refractivity contribution in [3.63, 3.8) is 0 Å². The molecule has 0 fully saturated rings. The molecule has 20 heavy (non-hydrogen) atoms. The molecule has 5 nitrogen and oxygen atoms in total. The lowest BCUT2D eigenvalue weighted by molar-refractivity contribution is -0.151. The van der Waals surface area contributed by atoms with Crippen LogP contribution in [0.25, 0.3) is 0 Å². The molecule has 2 aromatic rings. The number of carbonyl (C=O) groups excluding carboxylic acids is 1. The monoisotopic (exact) mass is 273 g/mol. The number of nitrogens with zero attached hydrogens (tertiary/aromatic N) is 3. The molecule has 0 N–H and O–H groups in total. The molecule has 0 saturated heterocycles. The normalized spacial score (nSPS) is 12.3. The van der Waals surface area contributed by atoms with Crippen molar-refractivity contribution in [1.82, 2.24) is 14.8 Å². The van der Waals surface area contributed by atoms with Gasteiger partial charge in [0.1, 0.15) is 18.8 Å². The summed E-state index contributed by atoms with van der Waals surface area (Å²) < 4.78 is 7.26. The van der Waals surface area contributed by atoms with Gasteiger partial charge >= 0.3 is 5.97 Å². The van der Waals surface area contributed by atoms with E-state index in [0.29, 0.717) is 13.0 Å². The minimum Gasteiger partial charge on any atom is -0.455 e. The second-order valence-electron chi connectivity index (χ2n) is 5.10. The number of hydrogen-bond acceptors (Lipinski definition) is 4. The largest absolute Gasteiger partial charge is 0.455 e. The zero-order valence-corrected chi connectivity index (χ0v) is 11.8. The fraction of sp³-hybridized carbons (Fsp3) is 0.400. The van der Waals surface area contributed by atoms with Crippen LogP contribution in [0.4, 0.5) is 0 Å². The zero-order chi connectivity index (χ0) is 14.4. The van der Waals surface area contributed by atoms with Gasteiger partial charge in [0.15, 0.2) is 0 Å². The maximum Gasteiger partial charge on any atom is 0.306 e. The second kappa shape index (κ2) is 6.84. The fourth-order valence-electron chi connectivity index (χ4n) is 1.92. The van der Waals surface area contributed by atoms with Gasteiger partial charge in [-0.2, -0.15) is 5.10 Å². The molecule has 0 saturated carbocycles. The number of hydrogen-bond donors (Lipinski definition) is 0. The minimum absolute atomic E-state index is 0.186. The molecule has 0 aliphatic carbocycles. The molecule has 0 aliphatic rings. The number of rotatable bonds is 6. The highest BCUT2D eigenvalue weighted by Crippen LogP contribution is 2.20. The van der Waals surface area contributed by atoms with Crippen LogP contribution in [0.2, 0.25) is 0 Å². The van der Waals surface area contributed by atoms with E-state index >= 15 is 0 Å². The standard InChI is InChI=1S/C15H19N3O2/c1-12(2)8-15(19)20-14(9-18-11-16-10-17-18)13-6-4-3-5-7-13/h3-7,10-12,14H,8-9H2,1-2H3. The van der Waals surface area contributed by atoms with Crippen LogP contribution in [-0.2, 0) is 16.1 Å². The summed E-state index contributed by atoms with van der Waals surface area (Å²) in [6.07, 6.45) is 3.16. The van der Waals surface area contributed by atoms with E-state index in [2.05, 4.69) is 10.1 Å². The van der Waals surface area contributed by atoms with Gasteiger partial charge in [0.25, 0.3) is 0 Å². The molecule has 0 amide bonds. The molecule has 1 aromatic carbocycles. The summed E-state index contributed by atoms with van der Waals surface area (Å²) in [5.74, 6) is 0.0965. The lowest BCUT2D eigenvalue weighted by Gasteiger charge is -2.18. The predicted octanol–water partition coefficient (Wildman–Crippen LogP) is 2.61. The number of esters is 1. The van der Waals surface area contributed by atoms with Crippen molar-refractivity contribution in [2.24, 2.45) is 5.92 Å². The Bertz CT molecular complexity index is 523. The lowest BCUT2D eigenvalue weighted by Crippen LogP contribution is -2.18. The molecule has 1 heterocycles. The van der Waals surface area contributed by atoms with Gasteiger partial charge in [-0.15, -0.1) is 0 Å². The molecule has 0 aliphatic heterocycles. The highest BCUT2D eigenvalue weighted by molar-refractivity contribution is 5.69. The summed E-state index contributed by atoms with van der Waals surface area (Å²) in [5.41, 5.74) is 0.958. The summed E-state index contributed by atoms with van der Waals surface area (Å²) in [7, 11) is 0. The van der Waals surface area contributed by atoms with E-state index in [1.54, 1.807) is 11.0 Å². The maximum absolute atomic E-state index is 11.9. The van der Waals surface area contributed by atoms with Crippen molar-refractivity contribution in [2.45, 2.75) is 32.9 Å². The molecule has 1 aromatic heterocycles. The molecule has 2 rings (SSSR count). The summed E-state index contributed by atoms with van der Waals surface area (Å²) in [5, 5.41) is 4.06. The number of carbonyl (C=O) groups is 1. The van der Waals surface area contributed by atoms with Crippen molar-refractivity contribution < 1.29 is 9.53 Å². The highest BCUT2D eigenvalue weighted by Gasteiger charge is 2.18. The first-order valence-corrected chi connectivity index (χ1v) is 6.72. The van der Waals surface area contributed by atoms with Gasteiger partial charge in [-0.05, 0) is 11.5 Å². The van der Waals surface area contributed by atoms with Crippen molar-refractivity contribution >= 4 is 5.97 Å². The van der Waals surface area contributed by atoms with Crippen molar-refractivity contribution in [3.05, 3.63) is 48.5 Å². The number of aromatic nitrogens is 3. The van der Waals surface area contributed by atoms with E-state index in [-0.39, 0.29) is 18.0 Å². The van der Waals surface area contributed by atoms with Crippen molar-refractivity contribution in [1.29, 1.82) is 0 Å². The van der Waals surface area contributed by atoms with Gasteiger partial charge in [-0.25, -0.2) is 9.67 Å². The first-order valence-electron chi connectivity index (χ1n) is 6.72. The van der Waals surface area contributed by atoms with E-state index in [0.717, 1.165) is 5.56 Å². The third-order valence-corrected chi connectivity index (χ3v) is 2.84. The summed E-state index contributed by atoms with van der Waals surface area (Å²) >= 11 is 0. The molecular weight excluding hydrogens is 254 g/mol. The SMILES string of the molecule is CC(C)CC(=O)OC(Cn1cncn1)c1ccccc1. The van der Waals surface area contributed by atoms with E-state index in [9.17, 15) is 4.79 Å². The van der Waals surface area contributed by atoms with Crippen LogP contribution in [0.1, 0.15) is 31.9 Å². The number of ether oxygens (including phenoxy) is 1. The van der Waals surface area contributed by atoms with Crippen LogP contribution in [-0.4, -0.2) is 20.7 Å². The first kappa shape index (κ1) is 14.2. The quantitative estimate of drug-likeness (QED) is 0.759. The molecule has 1 atom stereocenters. The Hall–Kier alpha value is -2.17. The second-order valence-corrected chi connectivity index (χ2v) is 5.10. The van der Waals surface area contributed by atoms with Gasteiger partial charge in [-0.1, -0.05) is 44.2 Å². The van der Waals surface area contributed by atoms with Crippen LogP contribution in [0.3, 0.4) is 0 Å². The summed E-state index contributed by atoms with van der Waals surface area (Å²) in [4.78, 5) is 15.8. The van der Waals surface area contributed by atoms with E-state index in [1.807, 2.05) is 44.2 Å². The predicted molar refractivity (Wildman–Crippen MR) is 74.8 cm³/mol. The van der Waals surface area contributed by atoms with Gasteiger partial charge < -0.3 is 4.74 Å². The Morgan fingerprint density at radius 2 is 2.05 bits per heavy atom. The molecule has 0 bridgehead atoms. The Morgan fingerprint density at radius 3 is 2.65 bits per heavy atom. The van der Waals surface area contributed by atoms with Crippen molar-refractivity contribution in [3.8, 4) is 0 Å². The summed E-state index contributed by atoms with van der Waals surface area (Å²) in [6, 6.07) is 9.69. The smallest absolute Gasteiger partial charge is 0.306 e. The lowest BCUT2D eigenvalue weighted by atomic mass is 10.1. The third-order valence-electron chi connectivity index (χ3n) is 2.84. The van der Waals surface area contributed by atoms with Crippen LogP contribution >= 0.6 is 0 Å². The minimum atomic E-state index is -0.343. The average molecular weight is 273 g/mol. The molecule has 0 spiro atoms. The molecule has 1 unspecified atom stereocenters. The topological polar surface area (TPSA) is 57.0 Å². The third kappa shape index (κ3) is 4.19. The molecule has 0 radical (unpaired) electrons. The Morgan fingerprint density at radius 1 is 1.30 bits per heavy atom. The van der Waals surface area contributed by atoms with Crippen LogP contribution in [0.15, 0.2) is 43.0 Å². The molecular formula is C15H19N3O2. The van der Waals surface area contributed by atoms with Gasteiger partial charge in [0.2, 0.25) is 0 Å². The average Bonchev–Trinajstić information content (AvgIpc) is 2.91. The Balaban J connectivity index is 2.10. The maximum atomic E-state index is 11.9. The van der Waals surface area contributed by atoms with Gasteiger partial charge in [0.05, 0.1) is 6.54 Å². The van der Waals surface area contributed by atoms with E-state index in [4.69, 9.17) is 4.74 Å². The van der Waals surface area contributed by atoms with Crippen LogP contribution in [0, 0.1) is 5.92 Å². The highest BCUT2D eigenvalue weighted by atomic mass is 16.5. The fourth-order valence-corrected chi connectivity index (χ4v) is 1.92. The zero-order valence-electron chi connectivity index (χ0n) is 11.8. The van der Waals surface area contributed by atoms with E-state index in [1.165, 1.54) is 6.33 Å². The molecule has 5 heteroatoms. The van der Waals surface area contributed by atoms with Crippen LogP contribution in [0.5, 0.6) is 0 Å².